The quantitative estimate of drug-likeness (QED) is 0.496. The van der Waals surface area contributed by atoms with E-state index in [4.69, 9.17) is 25.8 Å². The molecule has 0 amide bonds. The van der Waals surface area contributed by atoms with E-state index in [9.17, 15) is 9.59 Å². The van der Waals surface area contributed by atoms with Crippen molar-refractivity contribution >= 4 is 17.6 Å². The third kappa shape index (κ3) is 3.92. The predicted molar refractivity (Wildman–Crippen MR) is 119 cm³/mol. The van der Waals surface area contributed by atoms with Crippen molar-refractivity contribution in [3.05, 3.63) is 50.8 Å². The van der Waals surface area contributed by atoms with E-state index in [2.05, 4.69) is 18.9 Å². The number of hydrogen-bond acceptors (Lipinski definition) is 6. The van der Waals surface area contributed by atoms with Crippen LogP contribution in [0.4, 0.5) is 0 Å². The molecule has 4 rings (SSSR count). The molecule has 0 aliphatic carbocycles. The maximum atomic E-state index is 12.7. The number of esters is 1. The number of ether oxygens (including phenoxy) is 3. The van der Waals surface area contributed by atoms with Gasteiger partial charge < -0.3 is 19.2 Å². The lowest BCUT2D eigenvalue weighted by Gasteiger charge is -2.38. The standard InChI is InChI=1S/C23H27ClN2O5/c1-23(2)11-19-15-9-21(31-7-5-6-29-3)17(24)8-14(15)18-10-20(27)16(22(28)30-4)12-25(18)26(19)13-23/h8-10,12,19H,5-7,11,13H2,1-4H3. The van der Waals surface area contributed by atoms with Gasteiger partial charge in [-0.15, -0.1) is 0 Å². The SMILES string of the molecule is COCCCOc1cc2c(cc1Cl)-c1cc(=O)c(C(=O)OC)cn1N1CC(C)(C)CC21. The number of fused-ring (bicyclic) bond motifs is 6. The van der Waals surface area contributed by atoms with E-state index < -0.39 is 5.97 Å². The number of hydrogen-bond donors (Lipinski definition) is 0. The Hall–Kier alpha value is -2.51. The zero-order chi connectivity index (χ0) is 22.3. The minimum absolute atomic E-state index is 0.0161. The van der Waals surface area contributed by atoms with Gasteiger partial charge in [0, 0.05) is 44.5 Å². The molecular weight excluding hydrogens is 420 g/mol. The average Bonchev–Trinajstić information content (AvgIpc) is 3.06. The minimum Gasteiger partial charge on any atom is -0.492 e. The van der Waals surface area contributed by atoms with Crippen molar-refractivity contribution in [2.75, 3.05) is 39.0 Å². The van der Waals surface area contributed by atoms with Crippen LogP contribution in [-0.4, -0.2) is 44.6 Å². The van der Waals surface area contributed by atoms with Gasteiger partial charge >= 0.3 is 5.97 Å². The van der Waals surface area contributed by atoms with E-state index >= 15 is 0 Å². The summed E-state index contributed by atoms with van der Waals surface area (Å²) in [5, 5.41) is 2.68. The van der Waals surface area contributed by atoms with E-state index in [0.29, 0.717) is 29.7 Å². The van der Waals surface area contributed by atoms with Crippen LogP contribution < -0.4 is 15.2 Å². The Morgan fingerprint density at radius 3 is 2.71 bits per heavy atom. The molecule has 0 spiro atoms. The molecule has 0 N–H and O–H groups in total. The van der Waals surface area contributed by atoms with E-state index in [1.807, 2.05) is 16.8 Å². The highest BCUT2D eigenvalue weighted by Gasteiger charge is 2.43. The molecule has 0 radical (unpaired) electrons. The molecule has 3 heterocycles. The molecule has 166 valence electrons. The van der Waals surface area contributed by atoms with Crippen molar-refractivity contribution in [3.63, 3.8) is 0 Å². The summed E-state index contributed by atoms with van der Waals surface area (Å²) in [5.74, 6) is -0.0119. The summed E-state index contributed by atoms with van der Waals surface area (Å²) in [7, 11) is 2.93. The predicted octanol–water partition coefficient (Wildman–Crippen LogP) is 3.79. The molecule has 1 atom stereocenters. The number of pyridine rings is 1. The van der Waals surface area contributed by atoms with Crippen molar-refractivity contribution in [1.29, 1.82) is 0 Å². The molecule has 8 heteroatoms. The van der Waals surface area contributed by atoms with Crippen LogP contribution in [0.1, 0.15) is 48.7 Å². The van der Waals surface area contributed by atoms with Crippen LogP contribution in [-0.2, 0) is 9.47 Å². The maximum Gasteiger partial charge on any atom is 0.343 e. The fourth-order valence-corrected chi connectivity index (χ4v) is 4.72. The number of methoxy groups -OCH3 is 2. The number of benzene rings is 1. The lowest BCUT2D eigenvalue weighted by atomic mass is 9.86. The van der Waals surface area contributed by atoms with Gasteiger partial charge in [-0.25, -0.2) is 4.79 Å². The second-order valence-corrected chi connectivity index (χ2v) is 9.23. The first-order chi connectivity index (χ1) is 14.8. The third-order valence-electron chi connectivity index (χ3n) is 5.90. The Morgan fingerprint density at radius 1 is 1.23 bits per heavy atom. The van der Waals surface area contributed by atoms with Crippen molar-refractivity contribution < 1.29 is 19.0 Å². The van der Waals surface area contributed by atoms with Crippen molar-refractivity contribution in [2.24, 2.45) is 5.41 Å². The number of carbonyl (C=O) groups excluding carboxylic acids is 1. The molecule has 0 saturated carbocycles. The maximum absolute atomic E-state index is 12.7. The molecule has 1 aromatic carbocycles. The first kappa shape index (κ1) is 21.7. The Morgan fingerprint density at radius 2 is 2.00 bits per heavy atom. The van der Waals surface area contributed by atoms with Gasteiger partial charge in [-0.05, 0) is 29.5 Å². The van der Waals surface area contributed by atoms with Gasteiger partial charge in [0.25, 0.3) is 0 Å². The number of aromatic nitrogens is 1. The molecule has 0 bridgehead atoms. The second-order valence-electron chi connectivity index (χ2n) is 8.82. The molecular formula is C23H27ClN2O5. The van der Waals surface area contributed by atoms with Gasteiger partial charge in [-0.3, -0.25) is 9.47 Å². The Balaban J connectivity index is 1.84. The van der Waals surface area contributed by atoms with Gasteiger partial charge in [-0.2, -0.15) is 0 Å². The van der Waals surface area contributed by atoms with Gasteiger partial charge in [0.1, 0.15) is 11.3 Å². The van der Waals surface area contributed by atoms with Crippen molar-refractivity contribution in [3.8, 4) is 17.0 Å². The zero-order valence-corrected chi connectivity index (χ0v) is 19.0. The van der Waals surface area contributed by atoms with Crippen LogP contribution in [0.3, 0.4) is 0 Å². The highest BCUT2D eigenvalue weighted by molar-refractivity contribution is 6.32. The van der Waals surface area contributed by atoms with Gasteiger partial charge in [0.05, 0.1) is 30.5 Å². The summed E-state index contributed by atoms with van der Waals surface area (Å²) < 4.78 is 17.7. The van der Waals surface area contributed by atoms with Gasteiger partial charge in [0.2, 0.25) is 0 Å². The van der Waals surface area contributed by atoms with Gasteiger partial charge in [-0.1, -0.05) is 25.4 Å². The second kappa shape index (κ2) is 8.20. The Kier molecular flexibility index (Phi) is 5.75. The minimum atomic E-state index is -0.640. The molecule has 2 aliphatic rings. The number of halogens is 1. The molecule has 1 unspecified atom stereocenters. The van der Waals surface area contributed by atoms with Gasteiger partial charge in [0.15, 0.2) is 5.43 Å². The molecule has 7 nitrogen and oxygen atoms in total. The van der Waals surface area contributed by atoms with E-state index in [-0.39, 0.29) is 22.4 Å². The molecule has 2 aromatic rings. The third-order valence-corrected chi connectivity index (χ3v) is 6.19. The fraction of sp³-hybridized carbons (Fsp3) is 0.478. The van der Waals surface area contributed by atoms with Crippen LogP contribution in [0.2, 0.25) is 5.02 Å². The van der Waals surface area contributed by atoms with E-state index in [1.165, 1.54) is 13.2 Å². The van der Waals surface area contributed by atoms with Crippen molar-refractivity contribution in [1.82, 2.24) is 4.68 Å². The monoisotopic (exact) mass is 446 g/mol. The van der Waals surface area contributed by atoms with Crippen LogP contribution >= 0.6 is 11.6 Å². The van der Waals surface area contributed by atoms with Crippen LogP contribution in [0.25, 0.3) is 11.3 Å². The van der Waals surface area contributed by atoms with Crippen LogP contribution in [0, 0.1) is 5.41 Å². The summed E-state index contributed by atoms with van der Waals surface area (Å²) in [6.45, 7) is 6.33. The van der Waals surface area contributed by atoms with E-state index in [1.54, 1.807) is 13.3 Å². The largest absolute Gasteiger partial charge is 0.492 e. The molecule has 31 heavy (non-hydrogen) atoms. The zero-order valence-electron chi connectivity index (χ0n) is 18.2. The highest BCUT2D eigenvalue weighted by Crippen LogP contribution is 2.49. The first-order valence-corrected chi connectivity index (χ1v) is 10.7. The fourth-order valence-electron chi connectivity index (χ4n) is 4.50. The number of nitrogens with zero attached hydrogens (tertiary/aromatic N) is 2. The Bertz CT molecular complexity index is 1080. The van der Waals surface area contributed by atoms with Crippen molar-refractivity contribution in [2.45, 2.75) is 32.7 Å². The number of carbonyl (C=O) groups is 1. The average molecular weight is 447 g/mol. The summed E-state index contributed by atoms with van der Waals surface area (Å²) in [6.07, 6.45) is 3.27. The first-order valence-electron chi connectivity index (χ1n) is 10.3. The lowest BCUT2D eigenvalue weighted by Crippen LogP contribution is -2.40. The summed E-state index contributed by atoms with van der Waals surface area (Å²) in [4.78, 5) is 24.8. The summed E-state index contributed by atoms with van der Waals surface area (Å²) in [6, 6.07) is 5.41. The van der Waals surface area contributed by atoms with Crippen LogP contribution in [0.15, 0.2) is 29.2 Å². The van der Waals surface area contributed by atoms with E-state index in [0.717, 1.165) is 30.5 Å². The topological polar surface area (TPSA) is 70.0 Å². The lowest BCUT2D eigenvalue weighted by molar-refractivity contribution is 0.0598. The summed E-state index contributed by atoms with van der Waals surface area (Å²) in [5.41, 5.74) is 2.34. The molecule has 2 aliphatic heterocycles. The number of rotatable bonds is 6. The summed E-state index contributed by atoms with van der Waals surface area (Å²) >= 11 is 6.55. The van der Waals surface area contributed by atoms with Crippen LogP contribution in [0.5, 0.6) is 5.75 Å². The molecule has 1 saturated heterocycles. The Labute approximate surface area is 186 Å². The smallest absolute Gasteiger partial charge is 0.343 e. The molecule has 1 fully saturated rings. The normalized spacial score (nSPS) is 18.2. The highest BCUT2D eigenvalue weighted by atomic mass is 35.5. The molecule has 1 aromatic heterocycles.